The molecule has 10 aromatic carbocycles. The van der Waals surface area contributed by atoms with Gasteiger partial charge in [0.15, 0.2) is 0 Å². The second-order valence-electron chi connectivity index (χ2n) is 22.7. The fourth-order valence-electron chi connectivity index (χ4n) is 10.3. The molecule has 0 saturated heterocycles. The summed E-state index contributed by atoms with van der Waals surface area (Å²) in [6, 6.07) is 89.5. The van der Waals surface area contributed by atoms with Gasteiger partial charge in [0.1, 0.15) is 36.6 Å². The van der Waals surface area contributed by atoms with Gasteiger partial charge >= 0.3 is 31.3 Å². The molecule has 11 rings (SSSR count). The molecule has 1 fully saturated rings. The predicted molar refractivity (Wildman–Crippen MR) is 370 cm³/mol. The largest absolute Gasteiger partial charge is 0.475 e. The maximum atomic E-state index is 16.5. The lowest BCUT2D eigenvalue weighted by Gasteiger charge is -2.50. The fraction of sp³-hybridized carbons (Fsp3) is 0.211. The van der Waals surface area contributed by atoms with Gasteiger partial charge in [0.25, 0.3) is 0 Å². The van der Waals surface area contributed by atoms with Crippen molar-refractivity contribution in [2.45, 2.75) is 103 Å². The van der Waals surface area contributed by atoms with E-state index >= 15 is 18.3 Å². The van der Waals surface area contributed by atoms with E-state index < -0.39 is 67.9 Å². The minimum absolute atomic E-state index is 0.306. The zero-order chi connectivity index (χ0) is 67.6. The molecule has 2 unspecified atom stereocenters. The Morgan fingerprint density at radius 2 is 0.296 bits per heavy atom. The van der Waals surface area contributed by atoms with E-state index in [4.69, 9.17) is 63.8 Å². The number of benzene rings is 10. The Kier molecular flexibility index (Phi) is 26.8. The molecule has 0 bridgehead atoms. The predicted octanol–water partition coefficient (Wildman–Crippen LogP) is 18.9. The van der Waals surface area contributed by atoms with Crippen molar-refractivity contribution in [2.75, 3.05) is 0 Å². The smallest absolute Gasteiger partial charge is 0.368 e. The first-order chi connectivity index (χ1) is 47.9. The van der Waals surface area contributed by atoms with Gasteiger partial charge in [0.2, 0.25) is 0 Å². The maximum Gasteiger partial charge on any atom is 0.475 e. The number of phosphoric ester groups is 4. The fourth-order valence-corrected chi connectivity index (χ4v) is 15.7. The highest BCUT2D eigenvalue weighted by Crippen LogP contribution is 2.63. The van der Waals surface area contributed by atoms with Crippen LogP contribution in [-0.2, 0) is 148 Å². The van der Waals surface area contributed by atoms with Crippen LogP contribution in [0, 0.1) is 0 Å². The van der Waals surface area contributed by atoms with E-state index in [-0.39, 0.29) is 66.1 Å². The van der Waals surface area contributed by atoms with E-state index in [1.807, 2.05) is 60.7 Å². The molecule has 0 radical (unpaired) electrons. The number of rotatable bonds is 38. The summed E-state index contributed by atoms with van der Waals surface area (Å²) in [4.78, 5) is 0. The van der Waals surface area contributed by atoms with Crippen LogP contribution in [0.15, 0.2) is 303 Å². The third-order valence-electron chi connectivity index (χ3n) is 15.4. The van der Waals surface area contributed by atoms with Crippen LogP contribution in [0.25, 0.3) is 0 Å². The highest BCUT2D eigenvalue weighted by Gasteiger charge is 2.62. The third kappa shape index (κ3) is 22.3. The first kappa shape index (κ1) is 71.8. The average molecular weight is 1400 g/mol. The van der Waals surface area contributed by atoms with E-state index in [0.29, 0.717) is 55.6 Å². The van der Waals surface area contributed by atoms with Crippen molar-refractivity contribution in [3.05, 3.63) is 359 Å². The summed E-state index contributed by atoms with van der Waals surface area (Å²) in [7, 11) is -20.5. The highest BCUT2D eigenvalue weighted by molar-refractivity contribution is 7.49. The van der Waals surface area contributed by atoms with Gasteiger partial charge < -0.3 is 9.47 Å². The summed E-state index contributed by atoms with van der Waals surface area (Å²) in [6.07, 6.45) is -11.8. The van der Waals surface area contributed by atoms with Crippen LogP contribution in [0.3, 0.4) is 0 Å². The van der Waals surface area contributed by atoms with Crippen LogP contribution in [-0.4, -0.2) is 36.6 Å². The SMILES string of the molecule is O=P(OCc1ccccc1)(OCc1ccccc1)O[C@@H]1C(OCc2ccccc2)[C@H](OP(=O)(OCc2ccccc2)OCc2ccccc2)[C@@H](OP(=O)(OCc2ccccc2)OCc2ccccc2)C(OCc2ccccc2)[C@@H]1OP(=O)(OCc1ccccc1)OCc1ccccc1. The van der Waals surface area contributed by atoms with E-state index in [1.54, 1.807) is 243 Å². The molecule has 18 nitrogen and oxygen atoms in total. The minimum atomic E-state index is -5.14. The van der Waals surface area contributed by atoms with E-state index in [1.165, 1.54) is 0 Å². The third-order valence-corrected chi connectivity index (χ3v) is 20.9. The summed E-state index contributed by atoms with van der Waals surface area (Å²) >= 11 is 0. The van der Waals surface area contributed by atoms with Crippen molar-refractivity contribution < 1.29 is 82.0 Å². The molecule has 0 aliphatic heterocycles. The van der Waals surface area contributed by atoms with Crippen molar-refractivity contribution in [1.82, 2.24) is 0 Å². The van der Waals surface area contributed by atoms with Gasteiger partial charge in [-0.1, -0.05) is 303 Å². The molecule has 0 spiro atoms. The molecule has 1 saturated carbocycles. The quantitative estimate of drug-likeness (QED) is 0.0331. The van der Waals surface area contributed by atoms with Gasteiger partial charge in [-0.15, -0.1) is 0 Å². The number of phosphoric acid groups is 4. The standard InChI is InChI=1S/C76H76O18P4/c77-95(83-53-63-35-15-3-16-36-63,84-54-64-37-17-4-18-38-64)91-73-71(81-51-61-31-11-1-12-32-61)74(92-96(78,85-55-65-39-19-5-20-40-65)86-56-66-41-21-6-22-42-66)76(94-98(80,89-59-69-47-27-9-28-48-69)90-60-70-49-29-10-30-50-70)72(82-52-62-33-13-2-14-34-62)75(73)93-97(79,87-57-67-43-23-7-24-44-67)88-58-68-45-25-8-26-46-68/h1-50,71-76H,51-60H2/t71?,72?,73-,74-,75-,76+/m0/s1. The minimum Gasteiger partial charge on any atom is -0.368 e. The van der Waals surface area contributed by atoms with Gasteiger partial charge in [0, 0.05) is 0 Å². The number of ether oxygens (including phenoxy) is 2. The first-order valence-electron chi connectivity index (χ1n) is 31.9. The van der Waals surface area contributed by atoms with Crippen LogP contribution < -0.4 is 0 Å². The topological polar surface area (TPSA) is 197 Å². The zero-order valence-corrected chi connectivity index (χ0v) is 57.1. The monoisotopic (exact) mass is 1400 g/mol. The second kappa shape index (κ2) is 36.6. The summed E-state index contributed by atoms with van der Waals surface area (Å²) in [5.74, 6) is 0. The second-order valence-corrected chi connectivity index (χ2v) is 29.2. The van der Waals surface area contributed by atoms with Gasteiger partial charge in [-0.25, -0.2) is 18.3 Å². The Balaban J connectivity index is 1.15. The molecule has 10 aromatic rings. The van der Waals surface area contributed by atoms with Crippen molar-refractivity contribution in [3.63, 3.8) is 0 Å². The van der Waals surface area contributed by atoms with Crippen LogP contribution in [0.2, 0.25) is 0 Å². The lowest BCUT2D eigenvalue weighted by atomic mass is 9.84. The van der Waals surface area contributed by atoms with Crippen molar-refractivity contribution in [3.8, 4) is 0 Å². The molecular formula is C76H76O18P4. The van der Waals surface area contributed by atoms with Crippen LogP contribution >= 0.6 is 31.3 Å². The summed E-state index contributed by atoms with van der Waals surface area (Å²) in [6.45, 7) is -3.31. The molecule has 98 heavy (non-hydrogen) atoms. The average Bonchev–Trinajstić information content (AvgIpc) is 0.743. The summed E-state index contributed by atoms with van der Waals surface area (Å²) in [5, 5.41) is 0. The normalized spacial score (nSPS) is 17.5. The maximum absolute atomic E-state index is 16.5. The number of hydrogen-bond acceptors (Lipinski definition) is 18. The summed E-state index contributed by atoms with van der Waals surface area (Å²) in [5.41, 5.74) is 5.79. The van der Waals surface area contributed by atoms with Gasteiger partial charge in [-0.3, -0.25) is 54.3 Å². The molecule has 0 aromatic heterocycles. The zero-order valence-electron chi connectivity index (χ0n) is 53.5. The highest BCUT2D eigenvalue weighted by atomic mass is 31.2. The Labute approximate surface area is 572 Å². The Hall–Kier alpha value is -7.44. The molecule has 1 aliphatic carbocycles. The van der Waals surface area contributed by atoms with E-state index in [9.17, 15) is 0 Å². The van der Waals surface area contributed by atoms with Gasteiger partial charge in [-0.05, 0) is 55.6 Å². The Bertz CT molecular complexity index is 3450. The molecule has 0 heterocycles. The van der Waals surface area contributed by atoms with E-state index in [2.05, 4.69) is 0 Å². The lowest BCUT2D eigenvalue weighted by molar-refractivity contribution is -0.240. The Morgan fingerprint density at radius 3 is 0.429 bits per heavy atom. The van der Waals surface area contributed by atoms with Crippen LogP contribution in [0.4, 0.5) is 0 Å². The molecule has 0 N–H and O–H groups in total. The first-order valence-corrected chi connectivity index (χ1v) is 37.7. The van der Waals surface area contributed by atoms with Crippen LogP contribution in [0.5, 0.6) is 0 Å². The van der Waals surface area contributed by atoms with Crippen LogP contribution in [0.1, 0.15) is 55.6 Å². The Morgan fingerprint density at radius 1 is 0.173 bits per heavy atom. The molecule has 508 valence electrons. The van der Waals surface area contributed by atoms with Gasteiger partial charge in [0.05, 0.1) is 66.1 Å². The van der Waals surface area contributed by atoms with Crippen molar-refractivity contribution in [2.24, 2.45) is 0 Å². The molecule has 22 heteroatoms. The molecule has 1 aliphatic rings. The summed E-state index contributed by atoms with van der Waals surface area (Å²) < 4.78 is 160. The molecule has 0 amide bonds. The lowest BCUT2D eigenvalue weighted by Crippen LogP contribution is -2.67. The van der Waals surface area contributed by atoms with Gasteiger partial charge in [-0.2, -0.15) is 0 Å². The number of hydrogen-bond donors (Lipinski definition) is 0. The van der Waals surface area contributed by atoms with Crippen molar-refractivity contribution in [1.29, 1.82) is 0 Å². The van der Waals surface area contributed by atoms with E-state index in [0.717, 1.165) is 0 Å². The molecule has 6 atom stereocenters. The molecular weight excluding hydrogens is 1320 g/mol. The van der Waals surface area contributed by atoms with Crippen molar-refractivity contribution >= 4 is 31.3 Å².